The van der Waals surface area contributed by atoms with Crippen molar-refractivity contribution in [1.29, 1.82) is 0 Å². The van der Waals surface area contributed by atoms with Crippen molar-refractivity contribution in [3.05, 3.63) is 47.7 Å². The Bertz CT molecular complexity index is 1840. The number of fused-ring (bicyclic) bond motifs is 2. The van der Waals surface area contributed by atoms with Crippen LogP contribution < -0.4 is 11.3 Å². The van der Waals surface area contributed by atoms with Gasteiger partial charge in [-0.15, -0.1) is 4.52 Å². The SMILES string of the molecule is Nc1ncnc2c1ncn2[C@@]1(O)CO[C@H](COP(O)(=S)O[C@]2(n3ccc(=O)n4ccnc34)CO[C@H](CO)[C@H]2O)[C@@H]1O[P+](=O)S. The number of aromatic nitrogens is 7. The molecule has 0 spiro atoms. The highest BCUT2D eigenvalue weighted by atomic mass is 32.7. The molecule has 0 bridgehead atoms. The number of rotatable bonds is 10. The van der Waals surface area contributed by atoms with Gasteiger partial charge in [-0.25, -0.2) is 19.9 Å². The first-order chi connectivity index (χ1) is 20.9. The van der Waals surface area contributed by atoms with Crippen LogP contribution in [0.15, 0.2) is 42.1 Å². The second-order valence-corrected chi connectivity index (χ2v) is 14.3. The molecule has 0 aromatic carbocycles. The highest BCUT2D eigenvalue weighted by Crippen LogP contribution is 2.53. The topological polar surface area (TPSA) is 253 Å². The Balaban J connectivity index is 1.29. The first-order valence-corrected chi connectivity index (χ1v) is 17.6. The second kappa shape index (κ2) is 11.7. The lowest BCUT2D eigenvalue weighted by molar-refractivity contribution is -0.104. The van der Waals surface area contributed by atoms with Crippen LogP contribution in [0.4, 0.5) is 5.82 Å². The van der Waals surface area contributed by atoms with E-state index < -0.39 is 81.8 Å². The molecule has 0 radical (unpaired) electrons. The number of hydrogen-bond acceptors (Lipinski definition) is 16. The lowest BCUT2D eigenvalue weighted by Crippen LogP contribution is -2.50. The van der Waals surface area contributed by atoms with Crippen LogP contribution in [0.5, 0.6) is 0 Å². The maximum Gasteiger partial charge on any atom is 0.582 e. The van der Waals surface area contributed by atoms with Crippen molar-refractivity contribution in [2.24, 2.45) is 0 Å². The monoisotopic (exact) mass is 691 g/mol. The van der Waals surface area contributed by atoms with Gasteiger partial charge < -0.3 is 39.9 Å². The van der Waals surface area contributed by atoms with Crippen molar-refractivity contribution in [2.75, 3.05) is 32.2 Å². The minimum absolute atomic E-state index is 0.0148. The molecule has 2 saturated heterocycles. The summed E-state index contributed by atoms with van der Waals surface area (Å²) in [5, 5.41) is 32.6. The van der Waals surface area contributed by atoms with Crippen LogP contribution in [0, 0.1) is 0 Å². The molecule has 0 aliphatic carbocycles. The Morgan fingerprint density at radius 1 is 1.20 bits per heavy atom. The van der Waals surface area contributed by atoms with Gasteiger partial charge in [0.2, 0.25) is 17.2 Å². The smallest absolute Gasteiger partial charge is 0.394 e. The highest BCUT2D eigenvalue weighted by molar-refractivity contribution is 8.39. The zero-order chi connectivity index (χ0) is 31.4. The summed E-state index contributed by atoms with van der Waals surface area (Å²) < 4.78 is 43.9. The van der Waals surface area contributed by atoms with E-state index in [1.807, 2.05) is 0 Å². The lowest BCUT2D eigenvalue weighted by Gasteiger charge is -2.36. The van der Waals surface area contributed by atoms with Gasteiger partial charge in [-0.2, -0.15) is 0 Å². The molecule has 0 saturated carbocycles. The molecule has 236 valence electrons. The zero-order valence-electron chi connectivity index (χ0n) is 22.2. The van der Waals surface area contributed by atoms with Crippen LogP contribution >= 0.6 is 26.2 Å². The minimum atomic E-state index is -4.37. The maximum absolute atomic E-state index is 12.3. The van der Waals surface area contributed by atoms with Gasteiger partial charge in [-0.1, -0.05) is 0 Å². The fourth-order valence-corrected chi connectivity index (χ4v) is 7.64. The van der Waals surface area contributed by atoms with Gasteiger partial charge >= 0.3 is 13.9 Å². The molecule has 2 unspecified atom stereocenters. The van der Waals surface area contributed by atoms with Crippen molar-refractivity contribution in [1.82, 2.24) is 33.5 Å². The third-order valence-electron chi connectivity index (χ3n) is 7.31. The van der Waals surface area contributed by atoms with Crippen molar-refractivity contribution in [2.45, 2.75) is 35.9 Å². The summed E-state index contributed by atoms with van der Waals surface area (Å²) in [5.74, 6) is 0.0684. The summed E-state index contributed by atoms with van der Waals surface area (Å²) in [6, 6.07) is 1.17. The number of nitrogen functional groups attached to an aromatic ring is 1. The number of ether oxygens (including phenoxy) is 2. The number of nitrogens with two attached hydrogens (primary N) is 1. The van der Waals surface area contributed by atoms with E-state index in [4.69, 9.17) is 40.6 Å². The van der Waals surface area contributed by atoms with Gasteiger partial charge in [0.1, 0.15) is 42.4 Å². The first kappa shape index (κ1) is 31.5. The Morgan fingerprint density at radius 3 is 2.70 bits per heavy atom. The Morgan fingerprint density at radius 2 is 1.98 bits per heavy atom. The van der Waals surface area contributed by atoms with E-state index in [9.17, 15) is 29.6 Å². The van der Waals surface area contributed by atoms with E-state index in [0.717, 1.165) is 4.40 Å². The number of hydrogen-bond donors (Lipinski definition) is 6. The Labute approximate surface area is 257 Å². The average molecular weight is 692 g/mol. The van der Waals surface area contributed by atoms with Crippen LogP contribution in [-0.2, 0) is 50.9 Å². The highest BCUT2D eigenvalue weighted by Gasteiger charge is 2.58. The predicted molar refractivity (Wildman–Crippen MR) is 155 cm³/mol. The molecule has 8 atom stereocenters. The molecule has 0 amide bonds. The quantitative estimate of drug-likeness (QED) is 0.0825. The number of imidazole rings is 2. The first-order valence-electron chi connectivity index (χ1n) is 12.6. The second-order valence-electron chi connectivity index (χ2n) is 9.84. The summed E-state index contributed by atoms with van der Waals surface area (Å²) in [6.07, 6.45) is 0.984. The molecule has 2 fully saturated rings. The summed E-state index contributed by atoms with van der Waals surface area (Å²) in [6.45, 7) is -6.41. The van der Waals surface area contributed by atoms with E-state index in [1.54, 1.807) is 0 Å². The molecular weight excluding hydrogens is 666 g/mol. The van der Waals surface area contributed by atoms with E-state index in [-0.39, 0.29) is 22.8 Å². The van der Waals surface area contributed by atoms with Crippen LogP contribution in [0.3, 0.4) is 0 Å². The van der Waals surface area contributed by atoms with Gasteiger partial charge in [-0.05, 0) is 16.4 Å². The Kier molecular flexibility index (Phi) is 8.38. The number of nitrogens with zero attached hydrogens (tertiary/aromatic N) is 7. The molecular formula is C21H25N8O11P2S2+. The number of anilines is 1. The normalized spacial score (nSPS) is 30.7. The van der Waals surface area contributed by atoms with Crippen molar-refractivity contribution >= 4 is 60.8 Å². The maximum atomic E-state index is 12.3. The predicted octanol–water partition coefficient (Wildman–Crippen LogP) is -1.41. The van der Waals surface area contributed by atoms with Gasteiger partial charge in [0.05, 0.1) is 32.8 Å². The third-order valence-corrected chi connectivity index (χ3v) is 9.56. The summed E-state index contributed by atoms with van der Waals surface area (Å²) in [4.78, 5) is 39.8. The van der Waals surface area contributed by atoms with Crippen LogP contribution in [0.1, 0.15) is 0 Å². The fraction of sp³-hybridized carbons (Fsp3) is 0.476. The Hall–Kier alpha value is -2.49. The van der Waals surface area contributed by atoms with Gasteiger partial charge in [0.25, 0.3) is 5.56 Å². The molecule has 4 aromatic rings. The van der Waals surface area contributed by atoms with Crippen LogP contribution in [0.2, 0.25) is 0 Å². The molecule has 44 heavy (non-hydrogen) atoms. The van der Waals surface area contributed by atoms with E-state index in [1.165, 1.54) is 46.4 Å². The number of aliphatic hydroxyl groups excluding tert-OH is 2. The van der Waals surface area contributed by atoms with Gasteiger partial charge in [-0.3, -0.25) is 22.9 Å². The van der Waals surface area contributed by atoms with E-state index in [0.29, 0.717) is 0 Å². The molecule has 6 N–H and O–H groups in total. The molecule has 6 rings (SSSR count). The fourth-order valence-electron chi connectivity index (χ4n) is 5.23. The molecule has 23 heteroatoms. The standard InChI is InChI=1S/C21H24N8O11P2S2/c22-17-14-18(25-9-24-17)29(10-26-14)20(33)7-36-12(16(20)39-41(34)43)6-38-42(35,44)40-21(8-37-11(5-30)15(21)32)28-3-1-13(31)27-4-2-23-19(27)28/h1-4,9-12,15-16,30,32-33H,5-8H2,(H3-,22,24,25,34,35,43,44)/p+1/t11-,12-,15-,16+,20-,21-,42?/m1/s1. The molecule has 2 aliphatic heterocycles. The number of aliphatic hydroxyl groups is 3. The lowest BCUT2D eigenvalue weighted by atomic mass is 10.1. The molecule has 6 heterocycles. The van der Waals surface area contributed by atoms with Crippen LogP contribution in [-0.4, -0.2) is 105 Å². The zero-order valence-corrected chi connectivity index (χ0v) is 25.7. The van der Waals surface area contributed by atoms with E-state index in [2.05, 4.69) is 32.2 Å². The van der Waals surface area contributed by atoms with Gasteiger partial charge in [0, 0.05) is 24.7 Å². The molecule has 19 nitrogen and oxygen atoms in total. The van der Waals surface area contributed by atoms with Crippen molar-refractivity contribution < 1.29 is 47.8 Å². The summed E-state index contributed by atoms with van der Waals surface area (Å²) in [5.41, 5.74) is 1.69. The molecule has 4 aromatic heterocycles. The average Bonchev–Trinajstić information content (AvgIpc) is 3.76. The summed E-state index contributed by atoms with van der Waals surface area (Å²) in [7, 11) is -2.60. The summed E-state index contributed by atoms with van der Waals surface area (Å²) >= 11 is 9.11. The van der Waals surface area contributed by atoms with E-state index >= 15 is 0 Å². The largest absolute Gasteiger partial charge is 0.582 e. The number of thiol groups is 1. The van der Waals surface area contributed by atoms with Crippen molar-refractivity contribution in [3.63, 3.8) is 0 Å². The third kappa shape index (κ3) is 5.26. The van der Waals surface area contributed by atoms with Crippen LogP contribution in [0.25, 0.3) is 16.9 Å². The molecule has 2 aliphatic rings. The van der Waals surface area contributed by atoms with Gasteiger partial charge in [0.15, 0.2) is 17.6 Å². The minimum Gasteiger partial charge on any atom is -0.394 e. The van der Waals surface area contributed by atoms with Crippen molar-refractivity contribution in [3.8, 4) is 0 Å².